The summed E-state index contributed by atoms with van der Waals surface area (Å²) in [5.74, 6) is -0.145. The molecule has 25 heavy (non-hydrogen) atoms. The average molecular weight is 394 g/mol. The van der Waals surface area contributed by atoms with Gasteiger partial charge in [-0.05, 0) is 23.1 Å². The Morgan fingerprint density at radius 1 is 1.28 bits per heavy atom. The second kappa shape index (κ2) is 10.1. The molecule has 0 aliphatic carbocycles. The Morgan fingerprint density at radius 3 is 2.40 bits per heavy atom. The zero-order chi connectivity index (χ0) is 17.2. The van der Waals surface area contributed by atoms with Crippen molar-refractivity contribution in [1.82, 2.24) is 0 Å². The SMILES string of the molecule is C=C/C(CN1C(=O)CC(C)c2ccccc21)=C(\C=C)C(F)(F)F.[K+].[SH-]. The summed E-state index contributed by atoms with van der Waals surface area (Å²) in [6.45, 7) is 8.46. The van der Waals surface area contributed by atoms with Gasteiger partial charge in [0.15, 0.2) is 0 Å². The van der Waals surface area contributed by atoms with Gasteiger partial charge in [0.2, 0.25) is 5.91 Å². The number of para-hydroxylation sites is 1. The number of fused-ring (bicyclic) bond motifs is 1. The van der Waals surface area contributed by atoms with E-state index in [1.807, 2.05) is 19.1 Å². The monoisotopic (exact) mass is 393 g/mol. The van der Waals surface area contributed by atoms with Crippen molar-refractivity contribution in [2.24, 2.45) is 0 Å². The minimum absolute atomic E-state index is 0. The third-order valence-electron chi connectivity index (χ3n) is 3.97. The molecule has 1 aromatic rings. The van der Waals surface area contributed by atoms with E-state index in [9.17, 15) is 18.0 Å². The number of allylic oxidation sites excluding steroid dienone is 2. The summed E-state index contributed by atoms with van der Waals surface area (Å²) in [4.78, 5) is 13.7. The Morgan fingerprint density at radius 2 is 1.88 bits per heavy atom. The summed E-state index contributed by atoms with van der Waals surface area (Å²) in [5, 5.41) is 0. The van der Waals surface area contributed by atoms with Crippen molar-refractivity contribution in [1.29, 1.82) is 0 Å². The van der Waals surface area contributed by atoms with Crippen molar-refractivity contribution < 1.29 is 69.4 Å². The van der Waals surface area contributed by atoms with Gasteiger partial charge in [-0.1, -0.05) is 50.4 Å². The van der Waals surface area contributed by atoms with E-state index in [2.05, 4.69) is 13.2 Å². The molecule has 2 nitrogen and oxygen atoms in total. The largest absolute Gasteiger partial charge is 1.00 e. The summed E-state index contributed by atoms with van der Waals surface area (Å²) < 4.78 is 39.3. The molecule has 0 spiro atoms. The molecule has 0 N–H and O–H groups in total. The first-order chi connectivity index (χ1) is 10.8. The minimum Gasteiger partial charge on any atom is -0.813 e. The van der Waals surface area contributed by atoms with Crippen LogP contribution in [-0.4, -0.2) is 18.6 Å². The van der Waals surface area contributed by atoms with E-state index in [-0.39, 0.29) is 95.2 Å². The van der Waals surface area contributed by atoms with Gasteiger partial charge in [0, 0.05) is 12.1 Å². The Hall–Kier alpha value is -0.314. The standard InChI is InChI=1S/C18H18F3NO.K.H2S/c1-4-13(15(5-2)18(19,20)21)11-22-16-9-7-6-8-14(16)12(3)10-17(22)23;;/h4-9,12H,1-2,10-11H2,3H3;;1H2/q;+1;/p-1/b15-13-;;. The Kier molecular flexibility index (Phi) is 10.0. The molecule has 0 saturated carbocycles. The van der Waals surface area contributed by atoms with Gasteiger partial charge in [-0.15, -0.1) is 0 Å². The molecule has 1 atom stereocenters. The third kappa shape index (κ3) is 5.58. The normalized spacial score (nSPS) is 17.5. The Labute approximate surface area is 195 Å². The number of thiol groups is 1. The molecule has 1 amide bonds. The fourth-order valence-electron chi connectivity index (χ4n) is 2.80. The van der Waals surface area contributed by atoms with Gasteiger partial charge in [-0.2, -0.15) is 13.2 Å². The van der Waals surface area contributed by atoms with Gasteiger partial charge in [-0.25, -0.2) is 0 Å². The van der Waals surface area contributed by atoms with E-state index in [4.69, 9.17) is 0 Å². The number of anilines is 1. The maximum absolute atomic E-state index is 13.1. The molecule has 0 aromatic heterocycles. The first kappa shape index (κ1) is 24.7. The van der Waals surface area contributed by atoms with E-state index < -0.39 is 11.7 Å². The van der Waals surface area contributed by atoms with Crippen LogP contribution in [0.5, 0.6) is 0 Å². The second-order valence-corrected chi connectivity index (χ2v) is 5.49. The number of benzene rings is 1. The van der Waals surface area contributed by atoms with Crippen molar-refractivity contribution in [3.63, 3.8) is 0 Å². The van der Waals surface area contributed by atoms with Crippen LogP contribution in [-0.2, 0) is 18.3 Å². The van der Waals surface area contributed by atoms with Crippen molar-refractivity contribution in [2.45, 2.75) is 25.4 Å². The molecule has 2 rings (SSSR count). The van der Waals surface area contributed by atoms with Crippen LogP contribution in [0, 0.1) is 0 Å². The minimum atomic E-state index is -4.53. The maximum Gasteiger partial charge on any atom is 1.00 e. The van der Waals surface area contributed by atoms with E-state index in [0.29, 0.717) is 5.69 Å². The molecule has 0 saturated heterocycles. The summed E-state index contributed by atoms with van der Waals surface area (Å²) >= 11 is 0. The van der Waals surface area contributed by atoms with Crippen LogP contribution < -0.4 is 56.3 Å². The van der Waals surface area contributed by atoms with Gasteiger partial charge >= 0.3 is 57.6 Å². The average Bonchev–Trinajstić information content (AvgIpc) is 2.49. The molecular weight excluding hydrogens is 374 g/mol. The number of carbonyl (C=O) groups excluding carboxylic acids is 1. The van der Waals surface area contributed by atoms with Crippen molar-refractivity contribution in [3.05, 3.63) is 66.3 Å². The maximum atomic E-state index is 13.1. The summed E-state index contributed by atoms with van der Waals surface area (Å²) in [6.07, 6.45) is -2.35. The first-order valence-electron chi connectivity index (χ1n) is 7.24. The molecule has 1 unspecified atom stereocenters. The number of halogens is 3. The number of hydrogen-bond acceptors (Lipinski definition) is 2. The van der Waals surface area contributed by atoms with Crippen LogP contribution in [0.1, 0.15) is 24.8 Å². The predicted octanol–water partition coefficient (Wildman–Crippen LogP) is 1.49. The van der Waals surface area contributed by atoms with Crippen molar-refractivity contribution >= 4 is 25.1 Å². The number of carbonyl (C=O) groups is 1. The molecule has 1 heterocycles. The fourth-order valence-corrected chi connectivity index (χ4v) is 2.80. The molecule has 1 aliphatic rings. The Balaban J connectivity index is 0.00000288. The number of amides is 1. The van der Waals surface area contributed by atoms with Gasteiger partial charge in [0.25, 0.3) is 0 Å². The third-order valence-corrected chi connectivity index (χ3v) is 3.97. The number of nitrogens with zero attached hydrogens (tertiary/aromatic N) is 1. The molecule has 1 aromatic carbocycles. The summed E-state index contributed by atoms with van der Waals surface area (Å²) in [7, 11) is 0. The first-order valence-corrected chi connectivity index (χ1v) is 7.24. The molecular formula is C18H19F3KNOS. The van der Waals surface area contributed by atoms with Crippen LogP contribution in [0.15, 0.2) is 60.7 Å². The van der Waals surface area contributed by atoms with Gasteiger partial charge in [0.1, 0.15) is 0 Å². The smallest absolute Gasteiger partial charge is 0.813 e. The number of rotatable bonds is 4. The van der Waals surface area contributed by atoms with Crippen LogP contribution >= 0.6 is 0 Å². The zero-order valence-corrected chi connectivity index (χ0v) is 18.3. The zero-order valence-electron chi connectivity index (χ0n) is 14.3. The fraction of sp³-hybridized carbons (Fsp3) is 0.278. The van der Waals surface area contributed by atoms with Gasteiger partial charge in [-0.3, -0.25) is 4.79 Å². The van der Waals surface area contributed by atoms with Gasteiger partial charge in [0.05, 0.1) is 12.1 Å². The van der Waals surface area contributed by atoms with Crippen LogP contribution in [0.3, 0.4) is 0 Å². The van der Waals surface area contributed by atoms with Crippen LogP contribution in [0.25, 0.3) is 0 Å². The quantitative estimate of drug-likeness (QED) is 0.334. The molecule has 0 radical (unpaired) electrons. The van der Waals surface area contributed by atoms with Crippen LogP contribution in [0.4, 0.5) is 18.9 Å². The number of alkyl halides is 3. The molecule has 1 aliphatic heterocycles. The van der Waals surface area contributed by atoms with Crippen molar-refractivity contribution in [3.8, 4) is 0 Å². The molecule has 0 bridgehead atoms. The summed E-state index contributed by atoms with van der Waals surface area (Å²) in [6, 6.07) is 7.28. The Bertz CT molecular complexity index is 685. The van der Waals surface area contributed by atoms with Gasteiger partial charge < -0.3 is 18.4 Å². The molecule has 7 heteroatoms. The van der Waals surface area contributed by atoms with Crippen LogP contribution in [0.2, 0.25) is 0 Å². The van der Waals surface area contributed by atoms with E-state index >= 15 is 0 Å². The van der Waals surface area contributed by atoms with E-state index in [1.54, 1.807) is 12.1 Å². The van der Waals surface area contributed by atoms with E-state index in [1.165, 1.54) is 4.90 Å². The second-order valence-electron chi connectivity index (χ2n) is 5.49. The van der Waals surface area contributed by atoms with Crippen molar-refractivity contribution in [2.75, 3.05) is 11.4 Å². The molecule has 0 fully saturated rings. The predicted molar refractivity (Wildman–Crippen MR) is 94.1 cm³/mol. The topological polar surface area (TPSA) is 20.3 Å². The number of hydrogen-bond donors (Lipinski definition) is 0. The van der Waals surface area contributed by atoms with E-state index in [0.717, 1.165) is 17.7 Å². The molecule has 130 valence electrons. The summed E-state index contributed by atoms with van der Waals surface area (Å²) in [5.41, 5.74) is 0.686.